The van der Waals surface area contributed by atoms with Crippen molar-refractivity contribution < 1.29 is 9.84 Å². The lowest BCUT2D eigenvalue weighted by atomic mass is 10.2. The number of aryl methyl sites for hydroxylation is 1. The third kappa shape index (κ3) is 3.20. The van der Waals surface area contributed by atoms with Gasteiger partial charge < -0.3 is 15.2 Å². The van der Waals surface area contributed by atoms with Crippen LogP contribution >= 0.6 is 15.9 Å². The van der Waals surface area contributed by atoms with E-state index in [1.165, 1.54) is 7.11 Å². The Hall–Kier alpha value is -1.69. The molecule has 2 aromatic rings. The zero-order chi connectivity index (χ0) is 13.8. The summed E-state index contributed by atoms with van der Waals surface area (Å²) in [4.78, 5) is 0. The first kappa shape index (κ1) is 13.7. The molecule has 6 heteroatoms. The van der Waals surface area contributed by atoms with Crippen LogP contribution < -0.4 is 10.1 Å². The zero-order valence-electron chi connectivity index (χ0n) is 10.9. The van der Waals surface area contributed by atoms with Gasteiger partial charge in [-0.25, -0.2) is 0 Å². The van der Waals surface area contributed by atoms with E-state index in [-0.39, 0.29) is 5.75 Å². The van der Waals surface area contributed by atoms with Crippen LogP contribution in [0.5, 0.6) is 11.5 Å². The Morgan fingerprint density at radius 3 is 2.89 bits per heavy atom. The molecule has 102 valence electrons. The summed E-state index contributed by atoms with van der Waals surface area (Å²) in [6.45, 7) is 3.52. The normalized spacial score (nSPS) is 10.5. The van der Waals surface area contributed by atoms with Gasteiger partial charge in [0.05, 0.1) is 23.5 Å². The molecule has 1 heterocycles. The van der Waals surface area contributed by atoms with Crippen molar-refractivity contribution in [3.63, 3.8) is 0 Å². The van der Waals surface area contributed by atoms with Crippen LogP contribution in [0.1, 0.15) is 12.5 Å². The Bertz CT molecular complexity index is 569. The summed E-state index contributed by atoms with van der Waals surface area (Å²) in [5, 5.41) is 17.2. The van der Waals surface area contributed by atoms with Crippen LogP contribution in [0.25, 0.3) is 0 Å². The molecule has 0 fully saturated rings. The highest BCUT2D eigenvalue weighted by Gasteiger charge is 2.08. The van der Waals surface area contributed by atoms with Gasteiger partial charge in [-0.3, -0.25) is 4.68 Å². The highest BCUT2D eigenvalue weighted by atomic mass is 79.9. The fourth-order valence-corrected chi connectivity index (χ4v) is 2.21. The van der Waals surface area contributed by atoms with Gasteiger partial charge in [-0.1, -0.05) is 0 Å². The van der Waals surface area contributed by atoms with Crippen molar-refractivity contribution >= 4 is 21.6 Å². The number of phenolic OH excluding ortho intramolecular Hbond substituents is 1. The number of anilines is 1. The van der Waals surface area contributed by atoms with Crippen molar-refractivity contribution in [3.8, 4) is 11.5 Å². The van der Waals surface area contributed by atoms with Gasteiger partial charge in [0.25, 0.3) is 0 Å². The number of rotatable bonds is 5. The van der Waals surface area contributed by atoms with E-state index in [9.17, 15) is 5.11 Å². The largest absolute Gasteiger partial charge is 0.503 e. The number of benzene rings is 1. The van der Waals surface area contributed by atoms with Gasteiger partial charge in [-0.05, 0) is 40.5 Å². The van der Waals surface area contributed by atoms with Crippen LogP contribution in [0.3, 0.4) is 0 Å². The molecule has 0 atom stereocenters. The predicted molar refractivity (Wildman–Crippen MR) is 77.6 cm³/mol. The first-order valence-electron chi connectivity index (χ1n) is 5.95. The summed E-state index contributed by atoms with van der Waals surface area (Å²) in [6, 6.07) is 3.66. The summed E-state index contributed by atoms with van der Waals surface area (Å²) in [5.74, 6) is 0.570. The van der Waals surface area contributed by atoms with Crippen LogP contribution in [0.2, 0.25) is 0 Å². The van der Waals surface area contributed by atoms with Gasteiger partial charge >= 0.3 is 0 Å². The first-order valence-corrected chi connectivity index (χ1v) is 6.75. The third-order valence-electron chi connectivity index (χ3n) is 2.76. The molecule has 0 saturated carbocycles. The molecule has 0 unspecified atom stereocenters. The Morgan fingerprint density at radius 2 is 2.26 bits per heavy atom. The number of halogens is 1. The van der Waals surface area contributed by atoms with E-state index in [1.807, 2.05) is 23.9 Å². The monoisotopic (exact) mass is 325 g/mol. The van der Waals surface area contributed by atoms with Gasteiger partial charge in [-0.15, -0.1) is 0 Å². The fraction of sp³-hybridized carbons (Fsp3) is 0.308. The molecule has 1 aromatic heterocycles. The van der Waals surface area contributed by atoms with E-state index in [0.717, 1.165) is 17.8 Å². The lowest BCUT2D eigenvalue weighted by Crippen LogP contribution is -1.99. The maximum absolute atomic E-state index is 9.74. The second-order valence-electron chi connectivity index (χ2n) is 4.07. The highest BCUT2D eigenvalue weighted by Crippen LogP contribution is 2.35. The van der Waals surface area contributed by atoms with Gasteiger partial charge in [0.15, 0.2) is 11.5 Å². The summed E-state index contributed by atoms with van der Waals surface area (Å²) in [5.41, 5.74) is 1.97. The fourth-order valence-electron chi connectivity index (χ4n) is 1.72. The number of hydrogen-bond donors (Lipinski definition) is 2. The standard InChI is InChI=1S/C13H16BrN3O2/c1-3-17-8-10(7-16-17)15-6-9-4-11(14)13(18)12(5-9)19-2/h4-5,7-8,15,18H,3,6H2,1-2H3. The summed E-state index contributed by atoms with van der Waals surface area (Å²) >= 11 is 3.31. The van der Waals surface area contributed by atoms with Crippen LogP contribution in [0.4, 0.5) is 5.69 Å². The predicted octanol–water partition coefficient (Wildman–Crippen LogP) is 2.99. The minimum absolute atomic E-state index is 0.116. The van der Waals surface area contributed by atoms with E-state index in [4.69, 9.17) is 4.74 Å². The van der Waals surface area contributed by atoms with Gasteiger partial charge in [-0.2, -0.15) is 5.10 Å². The third-order valence-corrected chi connectivity index (χ3v) is 3.37. The quantitative estimate of drug-likeness (QED) is 0.887. The van der Waals surface area contributed by atoms with Gasteiger partial charge in [0.2, 0.25) is 0 Å². The topological polar surface area (TPSA) is 59.3 Å². The molecule has 0 spiro atoms. The molecule has 0 bridgehead atoms. The molecule has 0 aliphatic heterocycles. The van der Waals surface area contributed by atoms with E-state index in [2.05, 4.69) is 26.3 Å². The van der Waals surface area contributed by atoms with Crippen molar-refractivity contribution in [1.29, 1.82) is 0 Å². The van der Waals surface area contributed by atoms with Crippen molar-refractivity contribution in [3.05, 3.63) is 34.6 Å². The molecule has 0 saturated heterocycles. The average molecular weight is 326 g/mol. The van der Waals surface area contributed by atoms with Crippen LogP contribution in [0.15, 0.2) is 29.0 Å². The smallest absolute Gasteiger partial charge is 0.172 e. The van der Waals surface area contributed by atoms with E-state index in [0.29, 0.717) is 16.8 Å². The molecule has 0 radical (unpaired) electrons. The number of phenols is 1. The lowest BCUT2D eigenvalue weighted by Gasteiger charge is -2.09. The van der Waals surface area contributed by atoms with E-state index < -0.39 is 0 Å². The second kappa shape index (κ2) is 5.97. The number of ether oxygens (including phenoxy) is 1. The maximum atomic E-state index is 9.74. The summed E-state index contributed by atoms with van der Waals surface area (Å²) in [7, 11) is 1.53. The molecule has 1 aromatic carbocycles. The number of methoxy groups -OCH3 is 1. The second-order valence-corrected chi connectivity index (χ2v) is 4.92. The molecule has 0 aliphatic carbocycles. The molecule has 2 rings (SSSR count). The van der Waals surface area contributed by atoms with Crippen molar-refractivity contribution in [2.75, 3.05) is 12.4 Å². The number of nitrogens with zero attached hydrogens (tertiary/aromatic N) is 2. The molecular weight excluding hydrogens is 310 g/mol. The van der Waals surface area contributed by atoms with E-state index >= 15 is 0 Å². The number of hydrogen-bond acceptors (Lipinski definition) is 4. The lowest BCUT2D eigenvalue weighted by molar-refractivity contribution is 0.371. The van der Waals surface area contributed by atoms with E-state index in [1.54, 1.807) is 12.3 Å². The van der Waals surface area contributed by atoms with Crippen LogP contribution in [-0.2, 0) is 13.1 Å². The van der Waals surface area contributed by atoms with Crippen LogP contribution in [-0.4, -0.2) is 22.0 Å². The van der Waals surface area contributed by atoms with Crippen molar-refractivity contribution in [2.45, 2.75) is 20.0 Å². The molecular formula is C13H16BrN3O2. The van der Waals surface area contributed by atoms with Crippen molar-refractivity contribution in [2.24, 2.45) is 0 Å². The Kier molecular flexibility index (Phi) is 4.31. The molecule has 19 heavy (non-hydrogen) atoms. The number of nitrogens with one attached hydrogen (secondary N) is 1. The highest BCUT2D eigenvalue weighted by molar-refractivity contribution is 9.10. The Balaban J connectivity index is 2.09. The number of aromatic hydroxyl groups is 1. The SMILES string of the molecule is CCn1cc(NCc2cc(Br)c(O)c(OC)c2)cn1. The molecule has 0 aliphatic rings. The minimum Gasteiger partial charge on any atom is -0.503 e. The maximum Gasteiger partial charge on any atom is 0.172 e. The van der Waals surface area contributed by atoms with Crippen LogP contribution in [0, 0.1) is 0 Å². The summed E-state index contributed by atoms with van der Waals surface area (Å²) in [6.07, 6.45) is 3.74. The minimum atomic E-state index is 0.116. The van der Waals surface area contributed by atoms with Crippen molar-refractivity contribution in [1.82, 2.24) is 9.78 Å². The number of aromatic nitrogens is 2. The Labute approximate surface area is 120 Å². The molecule has 2 N–H and O–H groups in total. The summed E-state index contributed by atoms with van der Waals surface area (Å²) < 4.78 is 7.59. The van der Waals surface area contributed by atoms with Gasteiger partial charge in [0.1, 0.15) is 0 Å². The van der Waals surface area contributed by atoms with Gasteiger partial charge in [0, 0.05) is 19.3 Å². The molecule has 0 amide bonds. The first-order chi connectivity index (χ1) is 9.13. The molecule has 5 nitrogen and oxygen atoms in total. The average Bonchev–Trinajstić information content (AvgIpc) is 2.88. The Morgan fingerprint density at radius 1 is 1.47 bits per heavy atom. The zero-order valence-corrected chi connectivity index (χ0v) is 12.4.